The van der Waals surface area contributed by atoms with E-state index in [-0.39, 0.29) is 0 Å². The normalized spacial score (nSPS) is 10.7. The highest BCUT2D eigenvalue weighted by atomic mass is 16.5. The van der Waals surface area contributed by atoms with Crippen LogP contribution in [0.2, 0.25) is 0 Å². The molecule has 1 N–H and O–H groups in total. The molecule has 0 aliphatic heterocycles. The summed E-state index contributed by atoms with van der Waals surface area (Å²) in [6, 6.07) is 16.4. The lowest BCUT2D eigenvalue weighted by molar-refractivity contribution is 0.472. The number of hydrogen-bond acceptors (Lipinski definition) is 2. The minimum atomic E-state index is 0.455. The molecular weight excluding hydrogens is 234 g/mol. The fourth-order valence-corrected chi connectivity index (χ4v) is 2.10. The number of rotatable bonds is 5. The highest BCUT2D eigenvalue weighted by molar-refractivity contribution is 5.40. The van der Waals surface area contributed by atoms with Gasteiger partial charge in [0.15, 0.2) is 0 Å². The fraction of sp³-hybridized carbons (Fsp3) is 0.294. The summed E-state index contributed by atoms with van der Waals surface area (Å²) in [6.45, 7) is 5.21. The molecule has 0 aromatic heterocycles. The molecule has 0 atom stereocenters. The Morgan fingerprint density at radius 2 is 1.84 bits per heavy atom. The standard InChI is InChI=1S/C17H21NO/c1-13(2)16-9-4-5-10-17(16)19-15-8-6-7-14(11-15)12-18-3/h4-11,13,18H,12H2,1-3H3. The molecule has 2 rings (SSSR count). The third-order valence-electron chi connectivity index (χ3n) is 3.05. The van der Waals surface area contributed by atoms with Crippen molar-refractivity contribution in [1.82, 2.24) is 5.32 Å². The molecule has 0 heterocycles. The first kappa shape index (κ1) is 13.6. The van der Waals surface area contributed by atoms with E-state index in [0.717, 1.165) is 18.0 Å². The lowest BCUT2D eigenvalue weighted by atomic mass is 10.0. The predicted molar refractivity (Wildman–Crippen MR) is 79.8 cm³/mol. The molecule has 0 fully saturated rings. The van der Waals surface area contributed by atoms with E-state index >= 15 is 0 Å². The Hall–Kier alpha value is -1.80. The van der Waals surface area contributed by atoms with Gasteiger partial charge in [0.1, 0.15) is 11.5 Å². The van der Waals surface area contributed by atoms with Gasteiger partial charge in [0.2, 0.25) is 0 Å². The summed E-state index contributed by atoms with van der Waals surface area (Å²) < 4.78 is 6.03. The molecule has 0 aliphatic rings. The van der Waals surface area contributed by atoms with E-state index in [1.54, 1.807) is 0 Å². The van der Waals surface area contributed by atoms with Gasteiger partial charge in [-0.05, 0) is 42.3 Å². The lowest BCUT2D eigenvalue weighted by Gasteiger charge is -2.14. The second-order valence-corrected chi connectivity index (χ2v) is 4.97. The highest BCUT2D eigenvalue weighted by Gasteiger charge is 2.07. The molecule has 0 saturated heterocycles. The van der Waals surface area contributed by atoms with E-state index in [9.17, 15) is 0 Å². The van der Waals surface area contributed by atoms with Crippen LogP contribution in [-0.2, 0) is 6.54 Å². The molecule has 0 radical (unpaired) electrons. The molecule has 0 spiro atoms. The molecule has 2 nitrogen and oxygen atoms in total. The van der Waals surface area contributed by atoms with E-state index in [0.29, 0.717) is 5.92 Å². The lowest BCUT2D eigenvalue weighted by Crippen LogP contribution is -2.04. The third kappa shape index (κ3) is 3.58. The Morgan fingerprint density at radius 3 is 2.58 bits per heavy atom. The summed E-state index contributed by atoms with van der Waals surface area (Å²) in [5, 5.41) is 3.15. The van der Waals surface area contributed by atoms with Crippen LogP contribution in [0.3, 0.4) is 0 Å². The Balaban J connectivity index is 2.23. The SMILES string of the molecule is CNCc1cccc(Oc2ccccc2C(C)C)c1. The minimum absolute atomic E-state index is 0.455. The zero-order chi connectivity index (χ0) is 13.7. The summed E-state index contributed by atoms with van der Waals surface area (Å²) in [4.78, 5) is 0. The number of nitrogens with one attached hydrogen (secondary N) is 1. The van der Waals surface area contributed by atoms with Gasteiger partial charge in [0.25, 0.3) is 0 Å². The zero-order valence-electron chi connectivity index (χ0n) is 11.8. The Labute approximate surface area is 115 Å². The molecule has 19 heavy (non-hydrogen) atoms. The molecule has 2 aromatic rings. The van der Waals surface area contributed by atoms with Gasteiger partial charge in [-0.15, -0.1) is 0 Å². The fourth-order valence-electron chi connectivity index (χ4n) is 2.10. The monoisotopic (exact) mass is 255 g/mol. The van der Waals surface area contributed by atoms with Gasteiger partial charge in [0, 0.05) is 6.54 Å². The largest absolute Gasteiger partial charge is 0.457 e. The first-order valence-electron chi connectivity index (χ1n) is 6.71. The van der Waals surface area contributed by atoms with Crippen LogP contribution < -0.4 is 10.1 Å². The van der Waals surface area contributed by atoms with Crippen LogP contribution >= 0.6 is 0 Å². The second kappa shape index (κ2) is 6.39. The first-order chi connectivity index (χ1) is 9.20. The Kier molecular flexibility index (Phi) is 4.58. The van der Waals surface area contributed by atoms with Gasteiger partial charge in [-0.2, -0.15) is 0 Å². The quantitative estimate of drug-likeness (QED) is 0.859. The number of hydrogen-bond donors (Lipinski definition) is 1. The van der Waals surface area contributed by atoms with Crippen LogP contribution in [0, 0.1) is 0 Å². The maximum atomic E-state index is 6.03. The summed E-state index contributed by atoms with van der Waals surface area (Å²) in [7, 11) is 1.95. The van der Waals surface area contributed by atoms with Gasteiger partial charge < -0.3 is 10.1 Å². The van der Waals surface area contributed by atoms with Crippen LogP contribution in [0.25, 0.3) is 0 Å². The first-order valence-corrected chi connectivity index (χ1v) is 6.71. The maximum absolute atomic E-state index is 6.03. The van der Waals surface area contributed by atoms with Crippen molar-refractivity contribution in [2.75, 3.05) is 7.05 Å². The van der Waals surface area contributed by atoms with Crippen molar-refractivity contribution < 1.29 is 4.74 Å². The summed E-state index contributed by atoms with van der Waals surface area (Å²) in [5.74, 6) is 2.29. The molecule has 2 aromatic carbocycles. The van der Waals surface area contributed by atoms with Gasteiger partial charge in [0.05, 0.1) is 0 Å². The topological polar surface area (TPSA) is 21.3 Å². The average molecular weight is 255 g/mol. The molecule has 2 heteroatoms. The van der Waals surface area contributed by atoms with Crippen molar-refractivity contribution in [2.24, 2.45) is 0 Å². The molecule has 0 amide bonds. The minimum Gasteiger partial charge on any atom is -0.457 e. The molecular formula is C17H21NO. The maximum Gasteiger partial charge on any atom is 0.130 e. The van der Waals surface area contributed by atoms with Crippen LogP contribution in [0.4, 0.5) is 0 Å². The van der Waals surface area contributed by atoms with Crippen LogP contribution in [0.15, 0.2) is 48.5 Å². The van der Waals surface area contributed by atoms with Crippen molar-refractivity contribution in [2.45, 2.75) is 26.3 Å². The van der Waals surface area contributed by atoms with Gasteiger partial charge >= 0.3 is 0 Å². The van der Waals surface area contributed by atoms with Crippen molar-refractivity contribution in [3.8, 4) is 11.5 Å². The van der Waals surface area contributed by atoms with Crippen LogP contribution in [-0.4, -0.2) is 7.05 Å². The van der Waals surface area contributed by atoms with Crippen LogP contribution in [0.1, 0.15) is 30.9 Å². The van der Waals surface area contributed by atoms with E-state index < -0.39 is 0 Å². The molecule has 0 aliphatic carbocycles. The van der Waals surface area contributed by atoms with Gasteiger partial charge in [-0.1, -0.05) is 44.2 Å². The van der Waals surface area contributed by atoms with Crippen molar-refractivity contribution in [3.63, 3.8) is 0 Å². The predicted octanol–water partition coefficient (Wildman–Crippen LogP) is 4.32. The summed E-state index contributed by atoms with van der Waals surface area (Å²) in [5.41, 5.74) is 2.46. The highest BCUT2D eigenvalue weighted by Crippen LogP contribution is 2.30. The molecule has 0 saturated carbocycles. The van der Waals surface area contributed by atoms with Crippen molar-refractivity contribution in [1.29, 1.82) is 0 Å². The van der Waals surface area contributed by atoms with E-state index in [4.69, 9.17) is 4.74 Å². The Bertz CT molecular complexity index is 534. The molecule has 0 bridgehead atoms. The summed E-state index contributed by atoms with van der Waals surface area (Å²) >= 11 is 0. The van der Waals surface area contributed by atoms with Gasteiger partial charge in [-0.3, -0.25) is 0 Å². The molecule has 0 unspecified atom stereocenters. The van der Waals surface area contributed by atoms with E-state index in [2.05, 4.69) is 43.4 Å². The van der Waals surface area contributed by atoms with Crippen LogP contribution in [0.5, 0.6) is 11.5 Å². The van der Waals surface area contributed by atoms with E-state index in [1.807, 2.05) is 31.3 Å². The Morgan fingerprint density at radius 1 is 1.05 bits per heavy atom. The smallest absolute Gasteiger partial charge is 0.130 e. The number of benzene rings is 2. The second-order valence-electron chi connectivity index (χ2n) is 4.97. The van der Waals surface area contributed by atoms with E-state index in [1.165, 1.54) is 11.1 Å². The number of para-hydroxylation sites is 1. The summed E-state index contributed by atoms with van der Waals surface area (Å²) in [6.07, 6.45) is 0. The third-order valence-corrected chi connectivity index (χ3v) is 3.05. The van der Waals surface area contributed by atoms with Crippen molar-refractivity contribution in [3.05, 3.63) is 59.7 Å². The zero-order valence-corrected chi connectivity index (χ0v) is 11.8. The number of ether oxygens (including phenoxy) is 1. The molecule has 100 valence electrons. The average Bonchev–Trinajstić information content (AvgIpc) is 2.40. The van der Waals surface area contributed by atoms with Crippen molar-refractivity contribution >= 4 is 0 Å². The van der Waals surface area contributed by atoms with Gasteiger partial charge in [-0.25, -0.2) is 0 Å².